The molecule has 190 valence electrons. The Hall–Kier alpha value is -2.15. The Balaban J connectivity index is 1.34. The number of carbonyl (C=O) groups is 2. The van der Waals surface area contributed by atoms with Gasteiger partial charge in [0.2, 0.25) is 0 Å². The normalized spacial score (nSPS) is 47.5. The number of carbonyl (C=O) groups excluding carboxylic acids is 2. The molecule has 5 aliphatic rings. The number of ether oxygens (including phenoxy) is 3. The van der Waals surface area contributed by atoms with Crippen molar-refractivity contribution < 1.29 is 28.2 Å². The highest BCUT2D eigenvalue weighted by atomic mass is 16.7. The number of epoxide rings is 1. The fourth-order valence-corrected chi connectivity index (χ4v) is 9.42. The maximum absolute atomic E-state index is 12.1. The van der Waals surface area contributed by atoms with Crippen molar-refractivity contribution in [2.45, 2.75) is 102 Å². The van der Waals surface area contributed by atoms with Gasteiger partial charge in [-0.25, -0.2) is 4.79 Å². The number of rotatable bonds is 3. The van der Waals surface area contributed by atoms with Crippen LogP contribution in [0.5, 0.6) is 0 Å². The Bertz CT molecular complexity index is 1090. The third-order valence-electron chi connectivity index (χ3n) is 10.8. The van der Waals surface area contributed by atoms with E-state index in [1.54, 1.807) is 6.26 Å². The topological polar surface area (TPSA) is 95.3 Å². The summed E-state index contributed by atoms with van der Waals surface area (Å²) in [5.41, 5.74) is 0.194. The fourth-order valence-electron chi connectivity index (χ4n) is 9.42. The molecule has 0 N–H and O–H groups in total. The van der Waals surface area contributed by atoms with Crippen molar-refractivity contribution in [2.75, 3.05) is 0 Å². The van der Waals surface area contributed by atoms with E-state index in [2.05, 4.69) is 13.8 Å². The molecule has 1 saturated heterocycles. The molecule has 1 aliphatic heterocycles. The van der Waals surface area contributed by atoms with Crippen molar-refractivity contribution in [3.8, 4) is 0 Å². The summed E-state index contributed by atoms with van der Waals surface area (Å²) in [6.07, 6.45) is 8.28. The Morgan fingerprint density at radius 3 is 2.43 bits per heavy atom. The molecular formula is C28H36O7. The highest BCUT2D eigenvalue weighted by molar-refractivity contribution is 5.67. The Morgan fingerprint density at radius 1 is 0.971 bits per heavy atom. The van der Waals surface area contributed by atoms with Crippen LogP contribution >= 0.6 is 0 Å². The number of hydrogen-bond donors (Lipinski definition) is 0. The molecule has 0 amide bonds. The van der Waals surface area contributed by atoms with Gasteiger partial charge < -0.3 is 18.6 Å². The first-order chi connectivity index (χ1) is 16.6. The van der Waals surface area contributed by atoms with Gasteiger partial charge in [-0.1, -0.05) is 13.8 Å². The molecule has 7 heteroatoms. The zero-order valence-electron chi connectivity index (χ0n) is 21.1. The van der Waals surface area contributed by atoms with E-state index in [9.17, 15) is 14.4 Å². The predicted octanol–water partition coefficient (Wildman–Crippen LogP) is 4.37. The van der Waals surface area contributed by atoms with E-state index in [1.807, 2.05) is 6.07 Å². The van der Waals surface area contributed by atoms with Gasteiger partial charge in [-0.05, 0) is 79.7 Å². The van der Waals surface area contributed by atoms with Gasteiger partial charge in [0.05, 0.1) is 6.26 Å². The van der Waals surface area contributed by atoms with E-state index in [4.69, 9.17) is 18.6 Å². The van der Waals surface area contributed by atoms with Crippen LogP contribution in [0.25, 0.3) is 0 Å². The van der Waals surface area contributed by atoms with E-state index in [0.29, 0.717) is 17.8 Å². The lowest BCUT2D eigenvalue weighted by molar-refractivity contribution is -0.166. The van der Waals surface area contributed by atoms with E-state index in [-0.39, 0.29) is 58.2 Å². The molecule has 2 unspecified atom stereocenters. The largest absolute Gasteiger partial charge is 0.463 e. The summed E-state index contributed by atoms with van der Waals surface area (Å²) in [6, 6.07) is 3.29. The number of hydrogen-bond acceptors (Lipinski definition) is 7. The van der Waals surface area contributed by atoms with Crippen molar-refractivity contribution in [3.05, 3.63) is 34.4 Å². The van der Waals surface area contributed by atoms with Crippen molar-refractivity contribution in [2.24, 2.45) is 28.6 Å². The summed E-state index contributed by atoms with van der Waals surface area (Å²) in [5, 5.41) is 0. The van der Waals surface area contributed by atoms with Crippen LogP contribution < -0.4 is 5.63 Å². The predicted molar refractivity (Wildman–Crippen MR) is 125 cm³/mol. The highest BCUT2D eigenvalue weighted by Crippen LogP contribution is 2.78. The standard InChI is InChI=1S/C28H36O7/c1-15(29)33-19-9-11-26(3)18(13-19)6-7-21-20(26)10-12-27(4)23(17-5-8-22(31)32-14-17)24(34-16(2)30)25-28(21,27)35-25/h5,8,14,18-21,23-25H,6-7,9-13H2,1-4H3/t18-,19+,20?,21?,23+,24-,25-,26+,27-,28-/m1/s1. The van der Waals surface area contributed by atoms with Crippen LogP contribution in [-0.2, 0) is 23.8 Å². The number of esters is 2. The Labute approximate surface area is 205 Å². The SMILES string of the molecule is CC(=O)O[C@H]1CC[C@]2(C)C3CC[C@]4(C)[C@@H](c5ccc(=O)oc5)[C@@H](OC(C)=O)[C@H]5O[C@]54C3CC[C@@H]2C1. The maximum atomic E-state index is 12.1. The second-order valence-corrected chi connectivity index (χ2v) is 12.2. The summed E-state index contributed by atoms with van der Waals surface area (Å²) >= 11 is 0. The zero-order valence-corrected chi connectivity index (χ0v) is 21.1. The molecule has 1 aromatic rings. The average molecular weight is 485 g/mol. The summed E-state index contributed by atoms with van der Waals surface area (Å²) in [7, 11) is 0. The molecule has 7 nitrogen and oxygen atoms in total. The first-order valence-electron chi connectivity index (χ1n) is 13.2. The lowest BCUT2D eigenvalue weighted by Crippen LogP contribution is -2.58. The maximum Gasteiger partial charge on any atom is 0.335 e. The lowest BCUT2D eigenvalue weighted by atomic mass is 9.44. The van der Waals surface area contributed by atoms with Crippen molar-refractivity contribution in [3.63, 3.8) is 0 Å². The monoisotopic (exact) mass is 484 g/mol. The van der Waals surface area contributed by atoms with Gasteiger partial charge in [0.1, 0.15) is 23.9 Å². The van der Waals surface area contributed by atoms with Gasteiger partial charge >= 0.3 is 17.6 Å². The molecule has 4 aliphatic carbocycles. The smallest absolute Gasteiger partial charge is 0.335 e. The molecule has 0 aromatic carbocycles. The van der Waals surface area contributed by atoms with E-state index in [1.165, 1.54) is 19.9 Å². The van der Waals surface area contributed by atoms with Crippen molar-refractivity contribution in [1.29, 1.82) is 0 Å². The van der Waals surface area contributed by atoms with E-state index < -0.39 is 0 Å². The van der Waals surface area contributed by atoms with E-state index in [0.717, 1.165) is 50.5 Å². The molecule has 2 heterocycles. The quantitative estimate of drug-likeness (QED) is 0.464. The molecule has 35 heavy (non-hydrogen) atoms. The van der Waals surface area contributed by atoms with Gasteiger partial charge in [-0.3, -0.25) is 9.59 Å². The highest BCUT2D eigenvalue weighted by Gasteiger charge is 2.84. The Morgan fingerprint density at radius 2 is 1.74 bits per heavy atom. The molecule has 4 saturated carbocycles. The van der Waals surface area contributed by atoms with Crippen LogP contribution in [0.4, 0.5) is 0 Å². The summed E-state index contributed by atoms with van der Waals surface area (Å²) in [6.45, 7) is 7.72. The minimum Gasteiger partial charge on any atom is -0.463 e. The molecule has 1 spiro atoms. The molecule has 6 rings (SSSR count). The van der Waals surface area contributed by atoms with Crippen molar-refractivity contribution >= 4 is 11.9 Å². The van der Waals surface area contributed by atoms with Gasteiger partial charge in [-0.2, -0.15) is 0 Å². The first kappa shape index (κ1) is 23.3. The van der Waals surface area contributed by atoms with Crippen LogP contribution in [0.2, 0.25) is 0 Å². The summed E-state index contributed by atoms with van der Waals surface area (Å²) in [5.74, 6) is 0.922. The minimum atomic E-state index is -0.380. The van der Waals surface area contributed by atoms with Crippen LogP contribution in [0.1, 0.15) is 84.1 Å². The summed E-state index contributed by atoms with van der Waals surface area (Å²) < 4.78 is 23.5. The second-order valence-electron chi connectivity index (χ2n) is 12.2. The lowest BCUT2D eigenvalue weighted by Gasteiger charge is -2.61. The molecular weight excluding hydrogens is 448 g/mol. The molecule has 0 bridgehead atoms. The first-order valence-corrected chi connectivity index (χ1v) is 13.2. The minimum absolute atomic E-state index is 0.0380. The fraction of sp³-hybridized carbons (Fsp3) is 0.750. The van der Waals surface area contributed by atoms with E-state index >= 15 is 0 Å². The van der Waals surface area contributed by atoms with Crippen LogP contribution in [0.3, 0.4) is 0 Å². The molecule has 1 aromatic heterocycles. The summed E-state index contributed by atoms with van der Waals surface area (Å²) in [4.78, 5) is 35.4. The Kier molecular flexibility index (Phi) is 5.10. The third-order valence-corrected chi connectivity index (χ3v) is 10.8. The van der Waals surface area contributed by atoms with Gasteiger partial charge in [0.25, 0.3) is 0 Å². The van der Waals surface area contributed by atoms with Gasteiger partial charge in [0, 0.05) is 31.2 Å². The van der Waals surface area contributed by atoms with Gasteiger partial charge in [0.15, 0.2) is 0 Å². The average Bonchev–Trinajstić information content (AvgIpc) is 3.49. The third kappa shape index (κ3) is 3.15. The van der Waals surface area contributed by atoms with Gasteiger partial charge in [-0.15, -0.1) is 0 Å². The molecule has 10 atom stereocenters. The van der Waals surface area contributed by atoms with Crippen LogP contribution in [0.15, 0.2) is 27.6 Å². The molecule has 5 fully saturated rings. The van der Waals surface area contributed by atoms with Crippen molar-refractivity contribution in [1.82, 2.24) is 0 Å². The van der Waals surface area contributed by atoms with Crippen LogP contribution in [-0.4, -0.2) is 35.9 Å². The second kappa shape index (κ2) is 7.67. The molecule has 0 radical (unpaired) electrons. The van der Waals surface area contributed by atoms with Crippen LogP contribution in [0, 0.1) is 28.6 Å². The zero-order chi connectivity index (χ0) is 24.8. The number of fused-ring (bicyclic) bond motifs is 3.